The van der Waals surface area contributed by atoms with Crippen molar-refractivity contribution in [3.8, 4) is 16.9 Å². The van der Waals surface area contributed by atoms with Crippen molar-refractivity contribution < 1.29 is 26.7 Å². The molecule has 0 amide bonds. The normalized spacial score (nSPS) is 22.4. The molecule has 0 aromatic heterocycles. The molecule has 0 unspecified atom stereocenters. The van der Waals surface area contributed by atoms with E-state index in [1.165, 1.54) is 21.7 Å². The number of likely N-dealkylation sites (N-methyl/N-ethyl adjacent to an activating group) is 1. The van der Waals surface area contributed by atoms with Gasteiger partial charge >= 0.3 is 0 Å². The smallest absolute Gasteiger partial charge is 0.247 e. The van der Waals surface area contributed by atoms with Crippen LogP contribution in [0.1, 0.15) is 13.8 Å². The lowest BCUT2D eigenvalue weighted by atomic mass is 10.0. The summed E-state index contributed by atoms with van der Waals surface area (Å²) < 4.78 is 59.7. The number of aliphatic hydroxyl groups is 1. The van der Waals surface area contributed by atoms with E-state index in [4.69, 9.17) is 4.74 Å². The van der Waals surface area contributed by atoms with Gasteiger partial charge in [0.15, 0.2) is 0 Å². The molecular weight excluding hydrogens is 452 g/mol. The Morgan fingerprint density at radius 3 is 2.44 bits per heavy atom. The summed E-state index contributed by atoms with van der Waals surface area (Å²) in [5, 5.41) is 9.70. The van der Waals surface area contributed by atoms with Crippen molar-refractivity contribution in [1.29, 1.82) is 0 Å². The fraction of sp³-hybridized carbons (Fsp3) is 0.455. The average Bonchev–Trinajstić information content (AvgIpc) is 2.75. The van der Waals surface area contributed by atoms with E-state index in [1.54, 1.807) is 19.1 Å². The van der Waals surface area contributed by atoms with Gasteiger partial charge in [-0.15, -0.1) is 0 Å². The summed E-state index contributed by atoms with van der Waals surface area (Å²) in [6.45, 7) is 3.28. The fourth-order valence-corrected chi connectivity index (χ4v) is 5.89. The van der Waals surface area contributed by atoms with Gasteiger partial charge in [0.1, 0.15) is 16.7 Å². The van der Waals surface area contributed by atoms with Crippen LogP contribution >= 0.6 is 0 Å². The minimum absolute atomic E-state index is 0.00334. The van der Waals surface area contributed by atoms with Crippen LogP contribution in [0.2, 0.25) is 0 Å². The SMILES string of the molecule is C[C@H](CO)N1C[C@H](C)[C@H](CN(C)S(C)(=O)=O)Oc2cc(-c3ccccc3)ccc2S1(=O)=O. The highest BCUT2D eigenvalue weighted by Crippen LogP contribution is 2.36. The first-order valence-electron chi connectivity index (χ1n) is 10.3. The van der Waals surface area contributed by atoms with Gasteiger partial charge in [-0.2, -0.15) is 4.31 Å². The van der Waals surface area contributed by atoms with E-state index in [-0.39, 0.29) is 36.3 Å². The summed E-state index contributed by atoms with van der Waals surface area (Å²) in [7, 11) is -5.93. The first-order chi connectivity index (χ1) is 14.9. The molecular formula is C22H30N2O6S2. The second-order valence-electron chi connectivity index (χ2n) is 8.31. The number of ether oxygens (including phenoxy) is 1. The van der Waals surface area contributed by atoms with Gasteiger partial charge in [-0.1, -0.05) is 43.3 Å². The molecule has 176 valence electrons. The van der Waals surface area contributed by atoms with Crippen LogP contribution < -0.4 is 4.74 Å². The predicted molar refractivity (Wildman–Crippen MR) is 123 cm³/mol. The van der Waals surface area contributed by atoms with Crippen molar-refractivity contribution in [2.24, 2.45) is 5.92 Å². The van der Waals surface area contributed by atoms with Gasteiger partial charge in [0, 0.05) is 25.6 Å². The van der Waals surface area contributed by atoms with E-state index in [2.05, 4.69) is 0 Å². The Balaban J connectivity index is 2.14. The van der Waals surface area contributed by atoms with E-state index in [1.807, 2.05) is 37.3 Å². The molecule has 0 spiro atoms. The summed E-state index contributed by atoms with van der Waals surface area (Å²) in [6.07, 6.45) is 0.524. The molecule has 0 fully saturated rings. The van der Waals surface area contributed by atoms with E-state index in [9.17, 15) is 21.9 Å². The zero-order chi connectivity index (χ0) is 23.7. The van der Waals surface area contributed by atoms with Crippen LogP contribution in [0.25, 0.3) is 11.1 Å². The molecule has 1 N–H and O–H groups in total. The van der Waals surface area contributed by atoms with Gasteiger partial charge in [-0.3, -0.25) is 0 Å². The lowest BCUT2D eigenvalue weighted by Gasteiger charge is -2.37. The summed E-state index contributed by atoms with van der Waals surface area (Å²) >= 11 is 0. The maximum atomic E-state index is 13.5. The summed E-state index contributed by atoms with van der Waals surface area (Å²) in [5.74, 6) is -0.170. The molecule has 0 saturated heterocycles. The number of aliphatic hydroxyl groups excluding tert-OH is 1. The number of hydrogen-bond acceptors (Lipinski definition) is 6. The Morgan fingerprint density at radius 1 is 1.19 bits per heavy atom. The Bertz CT molecular complexity index is 1150. The van der Waals surface area contributed by atoms with Gasteiger partial charge in [0.2, 0.25) is 20.0 Å². The highest BCUT2D eigenvalue weighted by atomic mass is 32.2. The second kappa shape index (κ2) is 9.48. The number of rotatable bonds is 6. The summed E-state index contributed by atoms with van der Waals surface area (Å²) in [5.41, 5.74) is 1.68. The Kier molecular flexibility index (Phi) is 7.31. The first-order valence-corrected chi connectivity index (χ1v) is 13.6. The maximum Gasteiger partial charge on any atom is 0.247 e. The minimum Gasteiger partial charge on any atom is -0.487 e. The first kappa shape index (κ1) is 24.7. The van der Waals surface area contributed by atoms with Crippen LogP contribution in [0.3, 0.4) is 0 Å². The van der Waals surface area contributed by atoms with Crippen molar-refractivity contribution >= 4 is 20.0 Å². The Morgan fingerprint density at radius 2 is 1.84 bits per heavy atom. The Labute approximate surface area is 190 Å². The third-order valence-corrected chi connectivity index (χ3v) is 9.08. The zero-order valence-electron chi connectivity index (χ0n) is 18.7. The molecule has 1 aliphatic rings. The quantitative estimate of drug-likeness (QED) is 0.676. The largest absolute Gasteiger partial charge is 0.487 e. The maximum absolute atomic E-state index is 13.5. The number of nitrogens with zero attached hydrogens (tertiary/aromatic N) is 2. The van der Waals surface area contributed by atoms with Crippen molar-refractivity contribution in [2.75, 3.05) is 33.0 Å². The molecule has 1 aliphatic heterocycles. The predicted octanol–water partition coefficient (Wildman–Crippen LogP) is 2.01. The van der Waals surface area contributed by atoms with Gasteiger partial charge in [0.05, 0.1) is 19.4 Å². The Hall–Kier alpha value is -1.98. The molecule has 8 nitrogen and oxygen atoms in total. The van der Waals surface area contributed by atoms with Crippen LogP contribution in [0, 0.1) is 5.92 Å². The summed E-state index contributed by atoms with van der Waals surface area (Å²) in [6, 6.07) is 13.8. The van der Waals surface area contributed by atoms with Crippen LogP contribution in [0.5, 0.6) is 5.75 Å². The van der Waals surface area contributed by atoms with Crippen LogP contribution in [-0.2, 0) is 20.0 Å². The highest BCUT2D eigenvalue weighted by Gasteiger charge is 2.38. The second-order valence-corrected chi connectivity index (χ2v) is 12.3. The number of fused-ring (bicyclic) bond motifs is 1. The van der Waals surface area contributed by atoms with Crippen LogP contribution in [0.15, 0.2) is 53.4 Å². The topological polar surface area (TPSA) is 104 Å². The monoisotopic (exact) mass is 482 g/mol. The lowest BCUT2D eigenvalue weighted by Crippen LogP contribution is -2.50. The van der Waals surface area contributed by atoms with Crippen LogP contribution in [0.4, 0.5) is 0 Å². The molecule has 0 radical (unpaired) electrons. The van der Waals surface area contributed by atoms with E-state index in [0.717, 1.165) is 17.4 Å². The van der Waals surface area contributed by atoms with Gasteiger partial charge < -0.3 is 9.84 Å². The third-order valence-electron chi connectivity index (χ3n) is 5.78. The molecule has 1 heterocycles. The zero-order valence-corrected chi connectivity index (χ0v) is 20.3. The molecule has 3 atom stereocenters. The van der Waals surface area contributed by atoms with E-state index < -0.39 is 32.2 Å². The third kappa shape index (κ3) is 5.15. The molecule has 10 heteroatoms. The van der Waals surface area contributed by atoms with Gasteiger partial charge in [-0.05, 0) is 30.2 Å². The summed E-state index contributed by atoms with van der Waals surface area (Å²) in [4.78, 5) is -0.00334. The number of sulfonamides is 2. The lowest BCUT2D eigenvalue weighted by molar-refractivity contribution is 0.0906. The highest BCUT2D eigenvalue weighted by molar-refractivity contribution is 7.89. The molecule has 0 aliphatic carbocycles. The molecule has 2 aromatic carbocycles. The van der Waals surface area contributed by atoms with Crippen molar-refractivity contribution in [1.82, 2.24) is 8.61 Å². The molecule has 0 saturated carbocycles. The molecule has 3 rings (SSSR count). The van der Waals surface area contributed by atoms with Crippen LogP contribution in [-0.4, -0.2) is 75.7 Å². The van der Waals surface area contributed by atoms with Crippen molar-refractivity contribution in [3.63, 3.8) is 0 Å². The van der Waals surface area contributed by atoms with Crippen molar-refractivity contribution in [2.45, 2.75) is 30.9 Å². The van der Waals surface area contributed by atoms with E-state index >= 15 is 0 Å². The molecule has 32 heavy (non-hydrogen) atoms. The van der Waals surface area contributed by atoms with E-state index in [0.29, 0.717) is 0 Å². The van der Waals surface area contributed by atoms with Crippen molar-refractivity contribution in [3.05, 3.63) is 48.5 Å². The molecule has 2 aromatic rings. The number of hydrogen-bond donors (Lipinski definition) is 1. The molecule has 0 bridgehead atoms. The number of benzene rings is 2. The van der Waals surface area contributed by atoms with Gasteiger partial charge in [0.25, 0.3) is 0 Å². The standard InChI is InChI=1S/C22H30N2O6S2/c1-16-13-24(17(2)15-25)32(28,29)22-11-10-19(18-8-6-5-7-9-18)12-20(22)30-21(16)14-23(3)31(4,26)27/h5-12,16-17,21,25H,13-15H2,1-4H3/t16-,17+,21-/m0/s1. The average molecular weight is 483 g/mol. The van der Waals surface area contributed by atoms with Gasteiger partial charge in [-0.25, -0.2) is 21.1 Å². The minimum atomic E-state index is -3.95. The fourth-order valence-electron chi connectivity index (χ4n) is 3.64.